The normalized spacial score (nSPS) is 11.7. The zero-order chi connectivity index (χ0) is 18.0. The first-order valence-corrected chi connectivity index (χ1v) is 9.44. The Bertz CT molecular complexity index is 974. The summed E-state index contributed by atoms with van der Waals surface area (Å²) in [6.45, 7) is 5.80. The van der Waals surface area contributed by atoms with Crippen molar-refractivity contribution in [3.8, 4) is 17.1 Å². The maximum Gasteiger partial charge on any atom is 0.269 e. The summed E-state index contributed by atoms with van der Waals surface area (Å²) in [7, 11) is -3.71. The minimum atomic E-state index is -3.71. The van der Waals surface area contributed by atoms with Crippen molar-refractivity contribution in [3.05, 3.63) is 66.5 Å². The summed E-state index contributed by atoms with van der Waals surface area (Å²) in [6, 6.07) is 14.0. The van der Waals surface area contributed by atoms with E-state index in [0.717, 1.165) is 5.56 Å². The molecule has 0 spiro atoms. The second kappa shape index (κ2) is 6.72. The van der Waals surface area contributed by atoms with Gasteiger partial charge in [-0.3, -0.25) is 0 Å². The van der Waals surface area contributed by atoms with Gasteiger partial charge in [-0.1, -0.05) is 29.8 Å². The molecule has 0 saturated heterocycles. The Morgan fingerprint density at radius 3 is 2.48 bits per heavy atom. The van der Waals surface area contributed by atoms with Crippen LogP contribution in [0.25, 0.3) is 11.4 Å². The van der Waals surface area contributed by atoms with E-state index in [1.165, 1.54) is 16.4 Å². The first kappa shape index (κ1) is 17.2. The van der Waals surface area contributed by atoms with E-state index in [1.807, 2.05) is 39.0 Å². The molecule has 2 aromatic carbocycles. The van der Waals surface area contributed by atoms with Crippen molar-refractivity contribution in [2.24, 2.45) is 0 Å². The largest absolute Gasteiger partial charge is 0.491 e. The van der Waals surface area contributed by atoms with Gasteiger partial charge in [0.15, 0.2) is 5.82 Å². The highest BCUT2D eigenvalue weighted by molar-refractivity contribution is 7.90. The summed E-state index contributed by atoms with van der Waals surface area (Å²) in [6.07, 6.45) is 2.98. The van der Waals surface area contributed by atoms with Crippen molar-refractivity contribution < 1.29 is 13.2 Å². The number of rotatable bonds is 5. The Morgan fingerprint density at radius 1 is 1.08 bits per heavy atom. The fourth-order valence-electron chi connectivity index (χ4n) is 2.49. The van der Waals surface area contributed by atoms with Gasteiger partial charge < -0.3 is 4.74 Å². The average molecular weight is 356 g/mol. The molecule has 0 aliphatic rings. The fourth-order valence-corrected chi connectivity index (χ4v) is 3.79. The van der Waals surface area contributed by atoms with Gasteiger partial charge in [-0.2, -0.15) is 0 Å². The molecule has 0 amide bonds. The summed E-state index contributed by atoms with van der Waals surface area (Å²) in [5, 5.41) is 0. The Hall–Kier alpha value is -2.60. The van der Waals surface area contributed by atoms with Crippen molar-refractivity contribution in [3.63, 3.8) is 0 Å². The molecular formula is C19H20N2O3S. The second-order valence-electron chi connectivity index (χ2n) is 6.06. The van der Waals surface area contributed by atoms with Gasteiger partial charge in [0.1, 0.15) is 5.75 Å². The van der Waals surface area contributed by atoms with E-state index in [0.29, 0.717) is 17.1 Å². The Kier molecular flexibility index (Phi) is 4.63. The van der Waals surface area contributed by atoms with E-state index in [2.05, 4.69) is 4.98 Å². The predicted octanol–water partition coefficient (Wildman–Crippen LogP) is 3.88. The van der Waals surface area contributed by atoms with E-state index in [9.17, 15) is 8.42 Å². The first-order valence-electron chi connectivity index (χ1n) is 8.00. The van der Waals surface area contributed by atoms with Crippen molar-refractivity contribution in [2.45, 2.75) is 31.8 Å². The van der Waals surface area contributed by atoms with Crippen LogP contribution in [0, 0.1) is 6.92 Å². The molecule has 0 N–H and O–H groups in total. The fraction of sp³-hybridized carbons (Fsp3) is 0.211. The second-order valence-corrected chi connectivity index (χ2v) is 7.87. The highest BCUT2D eigenvalue weighted by Gasteiger charge is 2.21. The first-order chi connectivity index (χ1) is 11.9. The summed E-state index contributed by atoms with van der Waals surface area (Å²) in [5.41, 5.74) is 1.68. The van der Waals surface area contributed by atoms with Gasteiger partial charge in [0.25, 0.3) is 10.0 Å². The molecule has 1 heterocycles. The third-order valence-electron chi connectivity index (χ3n) is 3.65. The quantitative estimate of drug-likeness (QED) is 0.696. The number of hydrogen-bond donors (Lipinski definition) is 0. The van der Waals surface area contributed by atoms with Crippen molar-refractivity contribution >= 4 is 10.0 Å². The molecule has 0 fully saturated rings. The van der Waals surface area contributed by atoms with Crippen LogP contribution in [0.5, 0.6) is 5.75 Å². The lowest BCUT2D eigenvalue weighted by Gasteiger charge is -2.12. The molecule has 3 aromatic rings. The van der Waals surface area contributed by atoms with Crippen LogP contribution < -0.4 is 4.74 Å². The number of hydrogen-bond acceptors (Lipinski definition) is 4. The third kappa shape index (κ3) is 3.58. The zero-order valence-corrected chi connectivity index (χ0v) is 15.2. The Morgan fingerprint density at radius 2 is 1.80 bits per heavy atom. The molecule has 0 saturated carbocycles. The molecule has 130 valence electrons. The number of aromatic nitrogens is 2. The topological polar surface area (TPSA) is 61.2 Å². The average Bonchev–Trinajstić information content (AvgIpc) is 3.05. The Labute approximate surface area is 148 Å². The van der Waals surface area contributed by atoms with Crippen LogP contribution in [-0.2, 0) is 10.0 Å². The lowest BCUT2D eigenvalue weighted by molar-refractivity contribution is 0.242. The monoisotopic (exact) mass is 356 g/mol. The van der Waals surface area contributed by atoms with E-state index in [4.69, 9.17) is 4.74 Å². The number of ether oxygens (including phenoxy) is 1. The van der Waals surface area contributed by atoms with E-state index in [-0.39, 0.29) is 11.0 Å². The van der Waals surface area contributed by atoms with Crippen LogP contribution in [0.1, 0.15) is 19.4 Å². The molecule has 3 rings (SSSR count). The molecule has 0 aliphatic heterocycles. The molecule has 0 atom stereocenters. The summed E-state index contributed by atoms with van der Waals surface area (Å²) >= 11 is 0. The molecule has 25 heavy (non-hydrogen) atoms. The van der Waals surface area contributed by atoms with Crippen LogP contribution in [-0.4, -0.2) is 23.5 Å². The summed E-state index contributed by atoms with van der Waals surface area (Å²) < 4.78 is 32.8. The number of aryl methyl sites for hydroxylation is 1. The minimum absolute atomic E-state index is 0.0336. The van der Waals surface area contributed by atoms with Crippen molar-refractivity contribution in [1.29, 1.82) is 0 Å². The zero-order valence-electron chi connectivity index (χ0n) is 14.4. The maximum atomic E-state index is 13.0. The van der Waals surface area contributed by atoms with E-state index < -0.39 is 10.0 Å². The summed E-state index contributed by atoms with van der Waals surface area (Å²) in [5.74, 6) is 1.03. The predicted molar refractivity (Wildman–Crippen MR) is 97.2 cm³/mol. The molecule has 6 heteroatoms. The van der Waals surface area contributed by atoms with Gasteiger partial charge in [0, 0.05) is 18.0 Å². The van der Waals surface area contributed by atoms with Crippen molar-refractivity contribution in [2.75, 3.05) is 0 Å². The molecule has 0 radical (unpaired) electrons. The highest BCUT2D eigenvalue weighted by Crippen LogP contribution is 2.26. The highest BCUT2D eigenvalue weighted by atomic mass is 32.2. The number of imidazole rings is 1. The van der Waals surface area contributed by atoms with Gasteiger partial charge in [0.2, 0.25) is 0 Å². The lowest BCUT2D eigenvalue weighted by Crippen LogP contribution is -2.13. The molecular weight excluding hydrogens is 336 g/mol. The maximum absolute atomic E-state index is 13.0. The molecule has 1 aromatic heterocycles. The van der Waals surface area contributed by atoms with Gasteiger partial charge >= 0.3 is 0 Å². The molecule has 0 unspecified atom stereocenters. The minimum Gasteiger partial charge on any atom is -0.491 e. The number of benzene rings is 2. The van der Waals surface area contributed by atoms with Gasteiger partial charge in [0.05, 0.1) is 11.0 Å². The third-order valence-corrected chi connectivity index (χ3v) is 5.33. The molecule has 0 bridgehead atoms. The molecule has 0 aliphatic carbocycles. The Balaban J connectivity index is 2.05. The van der Waals surface area contributed by atoms with Crippen molar-refractivity contribution in [1.82, 2.24) is 8.96 Å². The van der Waals surface area contributed by atoms with Gasteiger partial charge in [-0.25, -0.2) is 17.4 Å². The van der Waals surface area contributed by atoms with Crippen LogP contribution >= 0.6 is 0 Å². The van der Waals surface area contributed by atoms with Crippen LogP contribution in [0.4, 0.5) is 0 Å². The van der Waals surface area contributed by atoms with E-state index in [1.54, 1.807) is 30.3 Å². The lowest BCUT2D eigenvalue weighted by atomic mass is 10.2. The molecule has 5 nitrogen and oxygen atoms in total. The van der Waals surface area contributed by atoms with Crippen LogP contribution in [0.3, 0.4) is 0 Å². The number of nitrogens with zero attached hydrogens (tertiary/aromatic N) is 2. The van der Waals surface area contributed by atoms with Gasteiger partial charge in [-0.15, -0.1) is 0 Å². The SMILES string of the molecule is Cc1ccc(S(=O)(=O)n2ccnc2-c2cccc(OC(C)C)c2)cc1. The standard InChI is InChI=1S/C19H20N2O3S/c1-14(2)24-17-6-4-5-16(13-17)19-20-11-12-21(19)25(22,23)18-9-7-15(3)8-10-18/h4-14H,1-3H3. The van der Waals surface area contributed by atoms with E-state index >= 15 is 0 Å². The van der Waals surface area contributed by atoms with Crippen LogP contribution in [0.2, 0.25) is 0 Å². The van der Waals surface area contributed by atoms with Gasteiger partial charge in [-0.05, 0) is 45.0 Å². The smallest absolute Gasteiger partial charge is 0.269 e. The summed E-state index contributed by atoms with van der Waals surface area (Å²) in [4.78, 5) is 4.47. The van der Waals surface area contributed by atoms with Crippen LogP contribution in [0.15, 0.2) is 65.8 Å².